The van der Waals surface area contributed by atoms with Gasteiger partial charge in [0.15, 0.2) is 0 Å². The van der Waals surface area contributed by atoms with Gasteiger partial charge in [0.1, 0.15) is 4.90 Å². The molecule has 0 radical (unpaired) electrons. The van der Waals surface area contributed by atoms with Crippen molar-refractivity contribution in [3.63, 3.8) is 0 Å². The topological polar surface area (TPSA) is 110 Å². The summed E-state index contributed by atoms with van der Waals surface area (Å²) in [6.07, 6.45) is 0. The number of methoxy groups -OCH3 is 1. The molecule has 0 spiro atoms. The number of aryl methyl sites for hydroxylation is 1. The molecule has 18 heavy (non-hydrogen) atoms. The predicted molar refractivity (Wildman–Crippen MR) is 67.4 cm³/mol. The molecule has 1 heterocycles. The van der Waals surface area contributed by atoms with Crippen molar-refractivity contribution in [1.82, 2.24) is 14.9 Å². The highest BCUT2D eigenvalue weighted by Gasteiger charge is 2.23. The summed E-state index contributed by atoms with van der Waals surface area (Å²) < 4.78 is 31.8. The van der Waals surface area contributed by atoms with Crippen LogP contribution >= 0.6 is 0 Å². The van der Waals surface area contributed by atoms with Gasteiger partial charge in [0.05, 0.1) is 11.4 Å². The molecule has 8 heteroatoms. The van der Waals surface area contributed by atoms with Crippen molar-refractivity contribution in [2.24, 2.45) is 11.7 Å². The number of sulfonamides is 1. The molecule has 1 rings (SSSR count). The lowest BCUT2D eigenvalue weighted by Gasteiger charge is -2.12. The Morgan fingerprint density at radius 2 is 2.22 bits per heavy atom. The van der Waals surface area contributed by atoms with E-state index in [1.807, 2.05) is 6.92 Å². The predicted octanol–water partition coefficient (Wildman–Crippen LogP) is -0.262. The van der Waals surface area contributed by atoms with Crippen LogP contribution in [-0.4, -0.2) is 38.9 Å². The zero-order valence-corrected chi connectivity index (χ0v) is 11.7. The molecular formula is C10H20N4O3S. The number of nitrogens with two attached hydrogens (primary N) is 1. The number of hydrogen-bond donors (Lipinski definition) is 3. The normalized spacial score (nSPS) is 13.8. The van der Waals surface area contributed by atoms with Gasteiger partial charge in [-0.2, -0.15) is 5.10 Å². The Bertz CT molecular complexity index is 483. The van der Waals surface area contributed by atoms with Gasteiger partial charge in [-0.25, -0.2) is 13.1 Å². The summed E-state index contributed by atoms with van der Waals surface area (Å²) in [5, 5.41) is 6.50. The molecule has 0 bridgehead atoms. The Kier molecular flexibility index (Phi) is 5.27. The van der Waals surface area contributed by atoms with Gasteiger partial charge in [-0.05, 0) is 12.8 Å². The molecule has 0 aliphatic heterocycles. The summed E-state index contributed by atoms with van der Waals surface area (Å²) >= 11 is 0. The van der Waals surface area contributed by atoms with Crippen LogP contribution < -0.4 is 10.5 Å². The Balaban J connectivity index is 2.83. The first-order valence-electron chi connectivity index (χ1n) is 5.64. The van der Waals surface area contributed by atoms with Crippen molar-refractivity contribution in [3.8, 4) is 0 Å². The summed E-state index contributed by atoms with van der Waals surface area (Å²) in [5.41, 5.74) is 6.30. The van der Waals surface area contributed by atoms with Crippen LogP contribution in [0.1, 0.15) is 18.3 Å². The molecular weight excluding hydrogens is 256 g/mol. The Hall–Kier alpha value is -0.960. The summed E-state index contributed by atoms with van der Waals surface area (Å²) in [6, 6.07) is 0. The van der Waals surface area contributed by atoms with Crippen LogP contribution in [0.5, 0.6) is 0 Å². The minimum atomic E-state index is -3.58. The molecule has 0 saturated heterocycles. The molecule has 0 fully saturated rings. The molecule has 0 aromatic carbocycles. The molecule has 0 amide bonds. The van der Waals surface area contributed by atoms with Gasteiger partial charge >= 0.3 is 0 Å². The molecule has 1 aromatic heterocycles. The molecule has 0 aliphatic carbocycles. The Morgan fingerprint density at radius 3 is 2.78 bits per heavy atom. The van der Waals surface area contributed by atoms with Crippen LogP contribution in [-0.2, 0) is 21.3 Å². The average Bonchev–Trinajstić information content (AvgIpc) is 2.69. The second-order valence-electron chi connectivity index (χ2n) is 4.24. The van der Waals surface area contributed by atoms with Crippen LogP contribution in [0, 0.1) is 12.8 Å². The lowest BCUT2D eigenvalue weighted by molar-refractivity contribution is 0.161. The van der Waals surface area contributed by atoms with E-state index in [1.54, 1.807) is 14.0 Å². The van der Waals surface area contributed by atoms with Crippen molar-refractivity contribution in [3.05, 3.63) is 11.4 Å². The van der Waals surface area contributed by atoms with E-state index in [0.717, 1.165) is 0 Å². The van der Waals surface area contributed by atoms with E-state index in [9.17, 15) is 8.42 Å². The number of aromatic amines is 1. The molecule has 0 saturated carbocycles. The Morgan fingerprint density at radius 1 is 1.56 bits per heavy atom. The minimum absolute atomic E-state index is 0.0776. The van der Waals surface area contributed by atoms with E-state index in [2.05, 4.69) is 14.9 Å². The van der Waals surface area contributed by atoms with Crippen LogP contribution in [0.2, 0.25) is 0 Å². The van der Waals surface area contributed by atoms with E-state index >= 15 is 0 Å². The van der Waals surface area contributed by atoms with Crippen molar-refractivity contribution >= 4 is 10.0 Å². The molecule has 1 atom stereocenters. The maximum absolute atomic E-state index is 12.1. The second kappa shape index (κ2) is 6.28. The van der Waals surface area contributed by atoms with E-state index in [1.165, 1.54) is 0 Å². The molecule has 4 N–H and O–H groups in total. The van der Waals surface area contributed by atoms with Gasteiger partial charge in [-0.1, -0.05) is 6.92 Å². The third-order valence-corrected chi connectivity index (χ3v) is 4.12. The highest BCUT2D eigenvalue weighted by Crippen LogP contribution is 2.16. The third-order valence-electron chi connectivity index (χ3n) is 2.50. The molecule has 104 valence electrons. The number of rotatable bonds is 7. The fraction of sp³-hybridized carbons (Fsp3) is 0.700. The van der Waals surface area contributed by atoms with E-state index in [-0.39, 0.29) is 17.4 Å². The molecule has 7 nitrogen and oxygen atoms in total. The summed E-state index contributed by atoms with van der Waals surface area (Å²) in [5.74, 6) is 0.0957. The molecule has 1 unspecified atom stereocenters. The van der Waals surface area contributed by atoms with Gasteiger partial charge in [-0.3, -0.25) is 5.10 Å². The van der Waals surface area contributed by atoms with Crippen LogP contribution in [0.25, 0.3) is 0 Å². The number of hydrogen-bond acceptors (Lipinski definition) is 5. The highest BCUT2D eigenvalue weighted by atomic mass is 32.2. The van der Waals surface area contributed by atoms with Gasteiger partial charge in [0.2, 0.25) is 10.0 Å². The average molecular weight is 276 g/mol. The van der Waals surface area contributed by atoms with Crippen LogP contribution in [0.4, 0.5) is 0 Å². The maximum Gasteiger partial charge on any atom is 0.244 e. The van der Waals surface area contributed by atoms with Gasteiger partial charge < -0.3 is 10.5 Å². The number of aromatic nitrogens is 2. The number of nitrogens with zero attached hydrogens (tertiary/aromatic N) is 1. The zero-order valence-electron chi connectivity index (χ0n) is 10.9. The first-order valence-corrected chi connectivity index (χ1v) is 7.13. The number of ether oxygens (including phenoxy) is 1. The van der Waals surface area contributed by atoms with Crippen molar-refractivity contribution in [1.29, 1.82) is 0 Å². The molecule has 1 aromatic rings. The monoisotopic (exact) mass is 276 g/mol. The third kappa shape index (κ3) is 3.52. The smallest absolute Gasteiger partial charge is 0.244 e. The number of H-pyrrole nitrogens is 1. The van der Waals surface area contributed by atoms with Crippen molar-refractivity contribution < 1.29 is 13.2 Å². The summed E-state index contributed by atoms with van der Waals surface area (Å²) in [6.45, 7) is 4.44. The lowest BCUT2D eigenvalue weighted by atomic mass is 10.2. The SMILES string of the molecule is COCC(C)CNS(=O)(=O)c1c(CN)n[nH]c1C. The quantitative estimate of drug-likeness (QED) is 0.635. The maximum atomic E-state index is 12.1. The largest absolute Gasteiger partial charge is 0.384 e. The second-order valence-corrected chi connectivity index (χ2v) is 5.94. The van der Waals surface area contributed by atoms with E-state index in [4.69, 9.17) is 10.5 Å². The van der Waals surface area contributed by atoms with E-state index in [0.29, 0.717) is 24.5 Å². The molecule has 0 aliphatic rings. The van der Waals surface area contributed by atoms with Crippen LogP contribution in [0.3, 0.4) is 0 Å². The number of nitrogens with one attached hydrogen (secondary N) is 2. The Labute approximate surface area is 107 Å². The highest BCUT2D eigenvalue weighted by molar-refractivity contribution is 7.89. The first-order chi connectivity index (χ1) is 8.42. The fourth-order valence-electron chi connectivity index (χ4n) is 1.63. The van der Waals surface area contributed by atoms with Gasteiger partial charge in [0.25, 0.3) is 0 Å². The van der Waals surface area contributed by atoms with E-state index < -0.39 is 10.0 Å². The van der Waals surface area contributed by atoms with Crippen LogP contribution in [0.15, 0.2) is 4.90 Å². The zero-order chi connectivity index (χ0) is 13.8. The van der Waals surface area contributed by atoms with Gasteiger partial charge in [-0.15, -0.1) is 0 Å². The summed E-state index contributed by atoms with van der Waals surface area (Å²) in [4.78, 5) is 0.148. The van der Waals surface area contributed by atoms with Crippen molar-refractivity contribution in [2.75, 3.05) is 20.3 Å². The van der Waals surface area contributed by atoms with Crippen molar-refractivity contribution in [2.45, 2.75) is 25.3 Å². The minimum Gasteiger partial charge on any atom is -0.384 e. The summed E-state index contributed by atoms with van der Waals surface area (Å²) in [7, 11) is -2.00. The van der Waals surface area contributed by atoms with Gasteiger partial charge in [0, 0.05) is 26.8 Å². The fourth-order valence-corrected chi connectivity index (χ4v) is 3.17. The first kappa shape index (κ1) is 15.1. The lowest BCUT2D eigenvalue weighted by Crippen LogP contribution is -2.31. The standard InChI is InChI=1S/C10H20N4O3S/c1-7(6-17-3)5-12-18(15,16)10-8(2)13-14-9(10)4-11/h7,12H,4-6,11H2,1-3H3,(H,13,14).